The Kier molecular flexibility index (Phi) is 6.20. The van der Waals surface area contributed by atoms with Crippen molar-refractivity contribution in [3.05, 3.63) is 65.2 Å². The van der Waals surface area contributed by atoms with E-state index in [1.807, 2.05) is 13.8 Å². The largest absolute Gasteiger partial charge is 0.493 e. The monoisotopic (exact) mass is 401 g/mol. The fraction of sp³-hybridized carbons (Fsp3) is 0.250. The third-order valence-corrected chi connectivity index (χ3v) is 4.40. The Bertz CT molecular complexity index is 958. The minimum atomic E-state index is -0.285. The minimum absolute atomic E-state index is 0.0242. The Morgan fingerprint density at radius 2 is 1.93 bits per heavy atom. The first-order chi connectivity index (χ1) is 13.4. The number of amides is 1. The van der Waals surface area contributed by atoms with Crippen LogP contribution >= 0.6 is 11.5 Å². The lowest BCUT2D eigenvalue weighted by Gasteiger charge is -2.12. The first-order valence-corrected chi connectivity index (χ1v) is 9.45. The number of hydrogen-bond acceptors (Lipinski definition) is 6. The van der Waals surface area contributed by atoms with Gasteiger partial charge in [0.25, 0.3) is 11.1 Å². The van der Waals surface area contributed by atoms with Crippen molar-refractivity contribution < 1.29 is 18.7 Å². The summed E-state index contributed by atoms with van der Waals surface area (Å²) < 4.78 is 28.4. The molecule has 0 radical (unpaired) electrons. The van der Waals surface area contributed by atoms with Crippen molar-refractivity contribution >= 4 is 17.4 Å². The zero-order valence-corrected chi connectivity index (χ0v) is 16.5. The average Bonchev–Trinajstić information content (AvgIpc) is 3.10. The number of carbonyl (C=O) groups is 1. The molecule has 0 aliphatic heterocycles. The molecule has 0 aliphatic rings. The fourth-order valence-electron chi connectivity index (χ4n) is 2.47. The molecule has 1 aromatic heterocycles. The summed E-state index contributed by atoms with van der Waals surface area (Å²) in [6.07, 6.45) is 0.466. The number of benzene rings is 2. The molecule has 3 rings (SSSR count). The Morgan fingerprint density at radius 3 is 2.61 bits per heavy atom. The maximum atomic E-state index is 13.0. The van der Waals surface area contributed by atoms with E-state index in [1.54, 1.807) is 30.3 Å². The molecule has 1 N–H and O–H groups in total. The second-order valence-electron chi connectivity index (χ2n) is 6.38. The molecule has 0 spiro atoms. The lowest BCUT2D eigenvalue weighted by Crippen LogP contribution is -2.30. The van der Waals surface area contributed by atoms with Gasteiger partial charge in [0.15, 0.2) is 17.3 Å². The number of ether oxygens (including phenoxy) is 2. The molecule has 1 amide bonds. The summed E-state index contributed by atoms with van der Waals surface area (Å²) in [6.45, 7) is 3.78. The van der Waals surface area contributed by atoms with Crippen LogP contribution in [-0.2, 0) is 6.42 Å². The highest BCUT2D eigenvalue weighted by molar-refractivity contribution is 7.07. The van der Waals surface area contributed by atoms with Crippen molar-refractivity contribution in [2.75, 3.05) is 7.11 Å². The van der Waals surface area contributed by atoms with Crippen LogP contribution in [0.2, 0.25) is 0 Å². The van der Waals surface area contributed by atoms with E-state index in [1.165, 1.54) is 19.2 Å². The summed E-state index contributed by atoms with van der Waals surface area (Å²) in [4.78, 5) is 16.6. The van der Waals surface area contributed by atoms with Crippen LogP contribution in [0.25, 0.3) is 0 Å². The van der Waals surface area contributed by atoms with Gasteiger partial charge in [0, 0.05) is 29.6 Å². The molecule has 0 aliphatic carbocycles. The normalized spacial score (nSPS) is 10.8. The Balaban J connectivity index is 1.76. The van der Waals surface area contributed by atoms with Gasteiger partial charge in [-0.1, -0.05) is 12.1 Å². The average molecular weight is 401 g/mol. The van der Waals surface area contributed by atoms with Crippen LogP contribution in [-0.4, -0.2) is 28.4 Å². The first-order valence-electron chi connectivity index (χ1n) is 8.68. The summed E-state index contributed by atoms with van der Waals surface area (Å²) >= 11 is 1.10. The highest BCUT2D eigenvalue weighted by atomic mass is 32.1. The van der Waals surface area contributed by atoms with Gasteiger partial charge in [-0.25, -0.2) is 4.39 Å². The zero-order valence-electron chi connectivity index (χ0n) is 15.7. The van der Waals surface area contributed by atoms with Crippen molar-refractivity contribution in [1.29, 1.82) is 0 Å². The zero-order chi connectivity index (χ0) is 20.1. The van der Waals surface area contributed by atoms with E-state index in [-0.39, 0.29) is 17.8 Å². The maximum Gasteiger partial charge on any atom is 0.298 e. The number of carbonyl (C=O) groups excluding carboxylic acids is 1. The van der Waals surface area contributed by atoms with Crippen LogP contribution in [0.5, 0.6) is 16.7 Å². The molecule has 2 aromatic carbocycles. The second kappa shape index (κ2) is 8.79. The molecule has 0 atom stereocenters. The van der Waals surface area contributed by atoms with E-state index in [2.05, 4.69) is 14.7 Å². The predicted octanol–water partition coefficient (Wildman–Crippen LogP) is 4.21. The van der Waals surface area contributed by atoms with E-state index in [4.69, 9.17) is 9.47 Å². The van der Waals surface area contributed by atoms with Crippen molar-refractivity contribution in [3.63, 3.8) is 0 Å². The minimum Gasteiger partial charge on any atom is -0.493 e. The smallest absolute Gasteiger partial charge is 0.298 e. The van der Waals surface area contributed by atoms with Gasteiger partial charge in [0.05, 0.1) is 7.11 Å². The van der Waals surface area contributed by atoms with Gasteiger partial charge < -0.3 is 14.8 Å². The Labute approximate surface area is 166 Å². The predicted molar refractivity (Wildman–Crippen MR) is 105 cm³/mol. The highest BCUT2D eigenvalue weighted by Crippen LogP contribution is 2.33. The number of nitrogens with one attached hydrogen (secondary N) is 1. The van der Waals surface area contributed by atoms with Crippen LogP contribution < -0.4 is 14.8 Å². The van der Waals surface area contributed by atoms with Crippen molar-refractivity contribution in [2.24, 2.45) is 0 Å². The molecule has 8 heteroatoms. The van der Waals surface area contributed by atoms with Crippen LogP contribution in [0.4, 0.5) is 4.39 Å². The van der Waals surface area contributed by atoms with Crippen molar-refractivity contribution in [1.82, 2.24) is 14.7 Å². The molecule has 28 heavy (non-hydrogen) atoms. The molecule has 0 saturated heterocycles. The van der Waals surface area contributed by atoms with Crippen LogP contribution in [0, 0.1) is 5.82 Å². The van der Waals surface area contributed by atoms with Crippen LogP contribution in [0.15, 0.2) is 42.5 Å². The fourth-order valence-corrected chi connectivity index (χ4v) is 3.04. The number of hydrogen-bond donors (Lipinski definition) is 1. The van der Waals surface area contributed by atoms with Gasteiger partial charge in [0.1, 0.15) is 5.82 Å². The Hall–Kier alpha value is -3.00. The number of methoxy groups -OCH3 is 1. The van der Waals surface area contributed by atoms with Crippen LogP contribution in [0.1, 0.15) is 35.6 Å². The van der Waals surface area contributed by atoms with Crippen molar-refractivity contribution in [3.8, 4) is 16.7 Å². The van der Waals surface area contributed by atoms with E-state index in [0.29, 0.717) is 34.5 Å². The third-order valence-electron chi connectivity index (χ3n) is 3.77. The summed E-state index contributed by atoms with van der Waals surface area (Å²) in [6, 6.07) is 11.2. The summed E-state index contributed by atoms with van der Waals surface area (Å²) in [5, 5.41) is 3.17. The number of halogens is 1. The maximum absolute atomic E-state index is 13.0. The molecule has 0 bridgehead atoms. The third kappa shape index (κ3) is 5.04. The summed E-state index contributed by atoms with van der Waals surface area (Å²) in [7, 11) is 1.52. The van der Waals surface area contributed by atoms with Gasteiger partial charge in [-0.15, -0.1) is 0 Å². The van der Waals surface area contributed by atoms with Gasteiger partial charge in [-0.05, 0) is 49.7 Å². The Morgan fingerprint density at radius 1 is 1.18 bits per heavy atom. The van der Waals surface area contributed by atoms with Gasteiger partial charge >= 0.3 is 0 Å². The molecular weight excluding hydrogens is 381 g/mol. The molecule has 1 heterocycles. The van der Waals surface area contributed by atoms with Crippen molar-refractivity contribution in [2.45, 2.75) is 26.3 Å². The van der Waals surface area contributed by atoms with E-state index in [9.17, 15) is 9.18 Å². The lowest BCUT2D eigenvalue weighted by molar-refractivity contribution is 0.0942. The summed E-state index contributed by atoms with van der Waals surface area (Å²) in [5.74, 6) is 0.948. The second-order valence-corrected chi connectivity index (χ2v) is 7.09. The quantitative estimate of drug-likeness (QED) is 0.642. The first kappa shape index (κ1) is 19.8. The van der Waals surface area contributed by atoms with Crippen LogP contribution in [0.3, 0.4) is 0 Å². The lowest BCUT2D eigenvalue weighted by atomic mass is 10.1. The van der Waals surface area contributed by atoms with Gasteiger partial charge in [-0.2, -0.15) is 9.36 Å². The highest BCUT2D eigenvalue weighted by Gasteiger charge is 2.15. The molecule has 6 nitrogen and oxygen atoms in total. The number of rotatable bonds is 7. The molecule has 146 valence electrons. The molecule has 0 saturated carbocycles. The van der Waals surface area contributed by atoms with E-state index < -0.39 is 0 Å². The number of nitrogens with zero attached hydrogens (tertiary/aromatic N) is 2. The van der Waals surface area contributed by atoms with Gasteiger partial charge in [0.2, 0.25) is 0 Å². The molecule has 0 unspecified atom stereocenters. The molecule has 3 aromatic rings. The molecule has 0 fully saturated rings. The SMILES string of the molecule is COc1ccc(C(=O)NC(C)C)cc1Oc1nc(Cc2ccc(F)cc2)ns1. The van der Waals surface area contributed by atoms with E-state index >= 15 is 0 Å². The van der Waals surface area contributed by atoms with Gasteiger partial charge in [-0.3, -0.25) is 4.79 Å². The topological polar surface area (TPSA) is 73.3 Å². The summed E-state index contributed by atoms with van der Waals surface area (Å²) in [5.41, 5.74) is 1.36. The molecular formula is C20H20FN3O3S. The standard InChI is InChI=1S/C20H20FN3O3S/c1-12(2)22-19(25)14-6-9-16(26-3)17(11-14)27-20-23-18(24-28-20)10-13-4-7-15(21)8-5-13/h4-9,11-12H,10H2,1-3H3,(H,22,25). The van der Waals surface area contributed by atoms with E-state index in [0.717, 1.165) is 17.1 Å². The number of aromatic nitrogens is 2.